The molecule has 0 aromatic heterocycles. The first-order chi connectivity index (χ1) is 12.7. The second-order valence-electron chi connectivity index (χ2n) is 6.46. The van der Waals surface area contributed by atoms with Crippen LogP contribution in [0.1, 0.15) is 23.6 Å². The predicted octanol–water partition coefficient (Wildman–Crippen LogP) is 3.51. The minimum Gasteiger partial charge on any atom is -0.380 e. The minimum atomic E-state index is -0.187. The molecule has 0 unspecified atom stereocenters. The number of rotatable bonds is 3. The number of carbonyl (C=O) groups excluding carboxylic acids is 1. The third-order valence-corrected chi connectivity index (χ3v) is 4.69. The van der Waals surface area contributed by atoms with E-state index in [2.05, 4.69) is 29.6 Å². The van der Waals surface area contributed by atoms with E-state index in [0.29, 0.717) is 26.3 Å². The van der Waals surface area contributed by atoms with Crippen molar-refractivity contribution in [3.8, 4) is 0 Å². The van der Waals surface area contributed by atoms with E-state index in [4.69, 9.17) is 9.47 Å². The summed E-state index contributed by atoms with van der Waals surface area (Å²) in [4.78, 5) is 14.0. The Morgan fingerprint density at radius 3 is 2.69 bits per heavy atom. The molecule has 1 N–H and O–H groups in total. The van der Waals surface area contributed by atoms with Gasteiger partial charge in [-0.25, -0.2) is 0 Å². The van der Waals surface area contributed by atoms with Gasteiger partial charge in [0.15, 0.2) is 6.29 Å². The first kappa shape index (κ1) is 16.8. The molecule has 2 aromatic rings. The Bertz CT molecular complexity index is 841. The molecular weight excluding hydrogens is 328 g/mol. The third kappa shape index (κ3) is 3.49. The zero-order valence-corrected chi connectivity index (χ0v) is 14.8. The van der Waals surface area contributed by atoms with Gasteiger partial charge in [-0.2, -0.15) is 0 Å². The summed E-state index contributed by atoms with van der Waals surface area (Å²) in [6.45, 7) is 4.09. The van der Waals surface area contributed by atoms with Gasteiger partial charge in [0.1, 0.15) is 0 Å². The largest absolute Gasteiger partial charge is 0.380 e. The molecule has 0 aliphatic carbocycles. The van der Waals surface area contributed by atoms with Crippen LogP contribution in [0.5, 0.6) is 0 Å². The van der Waals surface area contributed by atoms with Crippen LogP contribution in [-0.4, -0.2) is 32.0 Å². The fourth-order valence-corrected chi connectivity index (χ4v) is 3.32. The number of ether oxygens (including phenoxy) is 2. The summed E-state index contributed by atoms with van der Waals surface area (Å²) in [5, 5.41) is 3.36. The van der Waals surface area contributed by atoms with Crippen LogP contribution in [0.2, 0.25) is 0 Å². The highest BCUT2D eigenvalue weighted by molar-refractivity contribution is 5.95. The zero-order valence-electron chi connectivity index (χ0n) is 14.8. The van der Waals surface area contributed by atoms with E-state index in [1.807, 2.05) is 35.2 Å². The number of hydrogen-bond donors (Lipinski definition) is 1. The molecule has 1 fully saturated rings. The maximum absolute atomic E-state index is 12.2. The van der Waals surface area contributed by atoms with Gasteiger partial charge in [-0.05, 0) is 34.9 Å². The summed E-state index contributed by atoms with van der Waals surface area (Å²) in [5.74, 6) is 0.0384. The van der Waals surface area contributed by atoms with E-state index < -0.39 is 0 Å². The van der Waals surface area contributed by atoms with E-state index >= 15 is 0 Å². The molecule has 0 saturated carbocycles. The number of carbonyl (C=O) groups is 1. The highest BCUT2D eigenvalue weighted by Gasteiger charge is 2.19. The quantitative estimate of drug-likeness (QED) is 0.920. The van der Waals surface area contributed by atoms with Crippen LogP contribution >= 0.6 is 0 Å². The van der Waals surface area contributed by atoms with Crippen LogP contribution in [-0.2, 0) is 20.8 Å². The Hall–Kier alpha value is -2.63. The lowest BCUT2D eigenvalue weighted by Crippen LogP contribution is -2.29. The standard InChI is InChI=1S/C21H22N2O3/c1-15(24)23-14-18-8-9-19(22-13-21-25-10-11-26-21)12-17(18)7-6-16-4-2-3-5-20(16)23/h2-9,12,21-22H,10-11,13-14H2,1H3/b7-6-. The predicted molar refractivity (Wildman–Crippen MR) is 103 cm³/mol. The smallest absolute Gasteiger partial charge is 0.224 e. The van der Waals surface area contributed by atoms with Crippen molar-refractivity contribution in [2.24, 2.45) is 0 Å². The van der Waals surface area contributed by atoms with Gasteiger partial charge >= 0.3 is 0 Å². The Morgan fingerprint density at radius 1 is 1.12 bits per heavy atom. The average Bonchev–Trinajstić information content (AvgIpc) is 3.15. The van der Waals surface area contributed by atoms with Crippen LogP contribution in [0.15, 0.2) is 42.5 Å². The lowest BCUT2D eigenvalue weighted by atomic mass is 10.0. The van der Waals surface area contributed by atoms with Crippen molar-refractivity contribution in [2.45, 2.75) is 19.8 Å². The van der Waals surface area contributed by atoms with Crippen molar-refractivity contribution in [3.63, 3.8) is 0 Å². The molecule has 5 heteroatoms. The number of nitrogens with zero attached hydrogens (tertiary/aromatic N) is 1. The molecule has 1 amide bonds. The third-order valence-electron chi connectivity index (χ3n) is 4.69. The summed E-state index contributed by atoms with van der Waals surface area (Å²) in [7, 11) is 0. The van der Waals surface area contributed by atoms with Crippen molar-refractivity contribution >= 4 is 29.4 Å². The van der Waals surface area contributed by atoms with Crippen molar-refractivity contribution in [2.75, 3.05) is 30.0 Å². The molecule has 26 heavy (non-hydrogen) atoms. The molecule has 2 heterocycles. The van der Waals surface area contributed by atoms with Crippen molar-refractivity contribution < 1.29 is 14.3 Å². The highest BCUT2D eigenvalue weighted by Crippen LogP contribution is 2.30. The molecule has 2 aliphatic heterocycles. The van der Waals surface area contributed by atoms with E-state index in [-0.39, 0.29) is 12.2 Å². The molecule has 2 aromatic carbocycles. The maximum atomic E-state index is 12.2. The van der Waals surface area contributed by atoms with Crippen LogP contribution in [0.3, 0.4) is 0 Å². The van der Waals surface area contributed by atoms with E-state index in [0.717, 1.165) is 28.1 Å². The monoisotopic (exact) mass is 350 g/mol. The van der Waals surface area contributed by atoms with Gasteiger partial charge in [0.2, 0.25) is 5.91 Å². The van der Waals surface area contributed by atoms with E-state index in [9.17, 15) is 4.79 Å². The molecule has 1 saturated heterocycles. The molecule has 0 radical (unpaired) electrons. The van der Waals surface area contributed by atoms with E-state index in [1.165, 1.54) is 0 Å². The topological polar surface area (TPSA) is 50.8 Å². The van der Waals surface area contributed by atoms with Gasteiger partial charge in [0, 0.05) is 12.6 Å². The zero-order chi connectivity index (χ0) is 17.9. The number of amides is 1. The second-order valence-corrected chi connectivity index (χ2v) is 6.46. The van der Waals surface area contributed by atoms with Gasteiger partial charge in [0.25, 0.3) is 0 Å². The Balaban J connectivity index is 1.62. The molecular formula is C21H22N2O3. The fraction of sp³-hybridized carbons (Fsp3) is 0.286. The second kappa shape index (κ2) is 7.32. The Morgan fingerprint density at radius 2 is 1.88 bits per heavy atom. The normalized spacial score (nSPS) is 17.8. The molecule has 4 rings (SSSR count). The van der Waals surface area contributed by atoms with Gasteiger partial charge in [-0.1, -0.05) is 36.4 Å². The number of hydrogen-bond acceptors (Lipinski definition) is 4. The van der Waals surface area contributed by atoms with Crippen molar-refractivity contribution in [1.29, 1.82) is 0 Å². The molecule has 0 atom stereocenters. The number of fused-ring (bicyclic) bond motifs is 2. The van der Waals surface area contributed by atoms with Crippen molar-refractivity contribution in [1.82, 2.24) is 0 Å². The van der Waals surface area contributed by atoms with Crippen LogP contribution < -0.4 is 10.2 Å². The highest BCUT2D eigenvalue weighted by atomic mass is 16.7. The molecule has 0 bridgehead atoms. The minimum absolute atomic E-state index is 0.0384. The number of benzene rings is 2. The summed E-state index contributed by atoms with van der Waals surface area (Å²) >= 11 is 0. The molecule has 5 nitrogen and oxygen atoms in total. The summed E-state index contributed by atoms with van der Waals surface area (Å²) in [5.41, 5.74) is 5.21. The number of nitrogens with one attached hydrogen (secondary N) is 1. The average molecular weight is 350 g/mol. The maximum Gasteiger partial charge on any atom is 0.224 e. The van der Waals surface area contributed by atoms with Gasteiger partial charge in [-0.15, -0.1) is 0 Å². The van der Waals surface area contributed by atoms with Crippen LogP contribution in [0, 0.1) is 0 Å². The first-order valence-electron chi connectivity index (χ1n) is 8.86. The summed E-state index contributed by atoms with van der Waals surface area (Å²) in [6.07, 6.45) is 3.99. The van der Waals surface area contributed by atoms with E-state index in [1.54, 1.807) is 6.92 Å². The summed E-state index contributed by atoms with van der Waals surface area (Å²) < 4.78 is 10.9. The Kier molecular flexibility index (Phi) is 4.73. The molecule has 134 valence electrons. The van der Waals surface area contributed by atoms with Crippen LogP contribution in [0.25, 0.3) is 12.2 Å². The molecule has 0 spiro atoms. The van der Waals surface area contributed by atoms with Crippen molar-refractivity contribution in [3.05, 3.63) is 59.2 Å². The lowest BCUT2D eigenvalue weighted by molar-refractivity contribution is -0.116. The van der Waals surface area contributed by atoms with Gasteiger partial charge < -0.3 is 19.7 Å². The van der Waals surface area contributed by atoms with Gasteiger partial charge in [-0.3, -0.25) is 4.79 Å². The van der Waals surface area contributed by atoms with Gasteiger partial charge in [0.05, 0.1) is 32.0 Å². The molecule has 2 aliphatic rings. The summed E-state index contributed by atoms with van der Waals surface area (Å²) in [6, 6.07) is 14.2. The lowest BCUT2D eigenvalue weighted by Gasteiger charge is -2.26. The Labute approximate surface area is 153 Å². The SMILES string of the molecule is CC(=O)N1Cc2ccc(NCC3OCCO3)cc2/C=C\c2ccccc21. The number of anilines is 2. The van der Waals surface area contributed by atoms with Crippen LogP contribution in [0.4, 0.5) is 11.4 Å². The first-order valence-corrected chi connectivity index (χ1v) is 8.86. The fourth-order valence-electron chi connectivity index (χ4n) is 3.32. The number of para-hydroxylation sites is 1.